The molecular formula is C11H22N4O2. The van der Waals surface area contributed by atoms with Gasteiger partial charge >= 0.3 is 0 Å². The molecule has 0 aliphatic carbocycles. The standard InChI is InChI=1S/C11H22N4O2/c1-9(16)13-14-11(17)8-15-6-3-10(2-5-12)4-7-15/h10H,2-8,12H2,1H3,(H,13,16)(H,14,17). The number of hydrogen-bond acceptors (Lipinski definition) is 4. The van der Waals surface area contributed by atoms with Crippen LogP contribution in [0.2, 0.25) is 0 Å². The predicted octanol–water partition coefficient (Wildman–Crippen LogP) is -0.785. The van der Waals surface area contributed by atoms with Crippen LogP contribution in [0.4, 0.5) is 0 Å². The van der Waals surface area contributed by atoms with E-state index in [1.54, 1.807) is 0 Å². The number of hydrogen-bond donors (Lipinski definition) is 3. The van der Waals surface area contributed by atoms with Crippen LogP contribution in [0.3, 0.4) is 0 Å². The van der Waals surface area contributed by atoms with Gasteiger partial charge in [0.15, 0.2) is 0 Å². The van der Waals surface area contributed by atoms with Crippen LogP contribution in [0.1, 0.15) is 26.2 Å². The fourth-order valence-electron chi connectivity index (χ4n) is 2.07. The molecule has 6 heteroatoms. The molecule has 0 bridgehead atoms. The highest BCUT2D eigenvalue weighted by atomic mass is 16.2. The number of likely N-dealkylation sites (tertiary alicyclic amines) is 1. The van der Waals surface area contributed by atoms with Crippen LogP contribution in [-0.4, -0.2) is 42.9 Å². The van der Waals surface area contributed by atoms with E-state index in [1.807, 2.05) is 0 Å². The van der Waals surface area contributed by atoms with Crippen molar-refractivity contribution < 1.29 is 9.59 Å². The molecule has 1 heterocycles. The topological polar surface area (TPSA) is 87.5 Å². The summed E-state index contributed by atoms with van der Waals surface area (Å²) < 4.78 is 0. The van der Waals surface area contributed by atoms with Gasteiger partial charge in [0.05, 0.1) is 6.54 Å². The third kappa shape index (κ3) is 5.65. The second-order valence-electron chi connectivity index (χ2n) is 4.53. The number of piperidine rings is 1. The molecule has 2 amide bonds. The summed E-state index contributed by atoms with van der Waals surface area (Å²) in [6, 6.07) is 0. The van der Waals surface area contributed by atoms with Crippen molar-refractivity contribution in [2.45, 2.75) is 26.2 Å². The van der Waals surface area contributed by atoms with Gasteiger partial charge in [-0.05, 0) is 44.8 Å². The number of carbonyl (C=O) groups excluding carboxylic acids is 2. The zero-order valence-corrected chi connectivity index (χ0v) is 10.4. The Bertz CT molecular complexity index is 262. The van der Waals surface area contributed by atoms with Crippen molar-refractivity contribution in [1.29, 1.82) is 0 Å². The SMILES string of the molecule is CC(=O)NNC(=O)CN1CCC(CCN)CC1. The summed E-state index contributed by atoms with van der Waals surface area (Å²) in [5.41, 5.74) is 10.2. The van der Waals surface area contributed by atoms with Crippen molar-refractivity contribution in [2.24, 2.45) is 11.7 Å². The molecule has 0 spiro atoms. The maximum absolute atomic E-state index is 11.4. The van der Waals surface area contributed by atoms with Crippen molar-refractivity contribution in [2.75, 3.05) is 26.2 Å². The quantitative estimate of drug-likeness (QED) is 0.564. The molecule has 98 valence electrons. The third-order valence-corrected chi connectivity index (χ3v) is 3.03. The van der Waals surface area contributed by atoms with Gasteiger partial charge in [0.2, 0.25) is 5.91 Å². The Morgan fingerprint density at radius 2 is 1.94 bits per heavy atom. The van der Waals surface area contributed by atoms with E-state index in [0.29, 0.717) is 12.5 Å². The molecular weight excluding hydrogens is 220 g/mol. The summed E-state index contributed by atoms with van der Waals surface area (Å²) in [6.45, 7) is 4.30. The summed E-state index contributed by atoms with van der Waals surface area (Å²) in [4.78, 5) is 24.1. The minimum absolute atomic E-state index is 0.169. The summed E-state index contributed by atoms with van der Waals surface area (Å²) in [5.74, 6) is 0.270. The average Bonchev–Trinajstić information content (AvgIpc) is 2.29. The minimum atomic E-state index is -0.264. The van der Waals surface area contributed by atoms with Crippen molar-refractivity contribution in [1.82, 2.24) is 15.8 Å². The summed E-state index contributed by atoms with van der Waals surface area (Å²) in [5, 5.41) is 0. The van der Waals surface area contributed by atoms with Crippen LogP contribution in [0.25, 0.3) is 0 Å². The number of carbonyl (C=O) groups is 2. The molecule has 0 saturated carbocycles. The van der Waals surface area contributed by atoms with Gasteiger partial charge < -0.3 is 5.73 Å². The van der Waals surface area contributed by atoms with Gasteiger partial charge in [0.25, 0.3) is 5.91 Å². The second kappa shape index (κ2) is 7.24. The maximum Gasteiger partial charge on any atom is 0.252 e. The highest BCUT2D eigenvalue weighted by Gasteiger charge is 2.20. The largest absolute Gasteiger partial charge is 0.330 e. The number of nitrogens with one attached hydrogen (secondary N) is 2. The molecule has 4 N–H and O–H groups in total. The van der Waals surface area contributed by atoms with E-state index < -0.39 is 0 Å². The molecule has 0 aromatic heterocycles. The van der Waals surface area contributed by atoms with Gasteiger partial charge in [0.1, 0.15) is 0 Å². The Morgan fingerprint density at radius 3 is 2.47 bits per heavy atom. The van der Waals surface area contributed by atoms with Crippen molar-refractivity contribution in [3.05, 3.63) is 0 Å². The summed E-state index contributed by atoms with van der Waals surface area (Å²) in [6.07, 6.45) is 3.28. The maximum atomic E-state index is 11.4. The molecule has 17 heavy (non-hydrogen) atoms. The van der Waals surface area contributed by atoms with E-state index in [9.17, 15) is 9.59 Å². The van der Waals surface area contributed by atoms with Crippen LogP contribution in [-0.2, 0) is 9.59 Å². The molecule has 0 radical (unpaired) electrons. The Hall–Kier alpha value is -1.14. The highest BCUT2D eigenvalue weighted by Crippen LogP contribution is 2.19. The second-order valence-corrected chi connectivity index (χ2v) is 4.53. The predicted molar refractivity (Wildman–Crippen MR) is 64.8 cm³/mol. The summed E-state index contributed by atoms with van der Waals surface area (Å²) in [7, 11) is 0. The molecule has 1 aliphatic rings. The molecule has 6 nitrogen and oxygen atoms in total. The van der Waals surface area contributed by atoms with E-state index >= 15 is 0 Å². The smallest absolute Gasteiger partial charge is 0.252 e. The average molecular weight is 242 g/mol. The first-order valence-corrected chi connectivity index (χ1v) is 6.09. The van der Waals surface area contributed by atoms with E-state index in [1.165, 1.54) is 6.92 Å². The minimum Gasteiger partial charge on any atom is -0.330 e. The Labute approximate surface area is 102 Å². The number of rotatable bonds is 4. The molecule has 1 saturated heterocycles. The van der Waals surface area contributed by atoms with Gasteiger partial charge in [0, 0.05) is 6.92 Å². The zero-order valence-electron chi connectivity index (χ0n) is 10.4. The monoisotopic (exact) mass is 242 g/mol. The highest BCUT2D eigenvalue weighted by molar-refractivity contribution is 5.81. The van der Waals surface area contributed by atoms with Crippen molar-refractivity contribution >= 4 is 11.8 Å². The van der Waals surface area contributed by atoms with Gasteiger partial charge in [-0.15, -0.1) is 0 Å². The molecule has 1 rings (SSSR count). The van der Waals surface area contributed by atoms with Crippen molar-refractivity contribution in [3.63, 3.8) is 0 Å². The molecule has 0 atom stereocenters. The number of nitrogens with zero attached hydrogens (tertiary/aromatic N) is 1. The number of hydrazine groups is 1. The molecule has 1 aliphatic heterocycles. The van der Waals surface area contributed by atoms with E-state index in [4.69, 9.17) is 5.73 Å². The lowest BCUT2D eigenvalue weighted by atomic mass is 9.94. The first kappa shape index (κ1) is 13.9. The van der Waals surface area contributed by atoms with E-state index in [2.05, 4.69) is 15.8 Å². The molecule has 0 aromatic rings. The first-order valence-electron chi connectivity index (χ1n) is 6.09. The Morgan fingerprint density at radius 1 is 1.29 bits per heavy atom. The normalized spacial score (nSPS) is 17.8. The first-order chi connectivity index (χ1) is 8.11. The van der Waals surface area contributed by atoms with Crippen LogP contribution >= 0.6 is 0 Å². The zero-order chi connectivity index (χ0) is 12.7. The number of amides is 2. The van der Waals surface area contributed by atoms with Crippen LogP contribution in [0.5, 0.6) is 0 Å². The van der Waals surface area contributed by atoms with E-state index in [-0.39, 0.29) is 11.8 Å². The number of nitrogens with two attached hydrogens (primary N) is 1. The van der Waals surface area contributed by atoms with E-state index in [0.717, 1.165) is 38.9 Å². The molecule has 0 aromatic carbocycles. The van der Waals surface area contributed by atoms with Gasteiger partial charge in [-0.25, -0.2) is 0 Å². The van der Waals surface area contributed by atoms with Crippen LogP contribution in [0.15, 0.2) is 0 Å². The lowest BCUT2D eigenvalue weighted by Gasteiger charge is -2.31. The fraction of sp³-hybridized carbons (Fsp3) is 0.818. The summed E-state index contributed by atoms with van der Waals surface area (Å²) >= 11 is 0. The Kier molecular flexibility index (Phi) is 5.93. The molecule has 1 fully saturated rings. The van der Waals surface area contributed by atoms with Gasteiger partial charge in [-0.2, -0.15) is 0 Å². The Balaban J connectivity index is 2.17. The van der Waals surface area contributed by atoms with Crippen LogP contribution < -0.4 is 16.6 Å². The van der Waals surface area contributed by atoms with Crippen LogP contribution in [0, 0.1) is 5.92 Å². The van der Waals surface area contributed by atoms with Gasteiger partial charge in [-0.1, -0.05) is 0 Å². The molecule has 0 unspecified atom stereocenters. The third-order valence-electron chi connectivity index (χ3n) is 3.03. The fourth-order valence-corrected chi connectivity index (χ4v) is 2.07. The van der Waals surface area contributed by atoms with Gasteiger partial charge in [-0.3, -0.25) is 25.3 Å². The lowest BCUT2D eigenvalue weighted by Crippen LogP contribution is -2.47. The lowest BCUT2D eigenvalue weighted by molar-refractivity contribution is -0.128. The van der Waals surface area contributed by atoms with Crippen molar-refractivity contribution in [3.8, 4) is 0 Å².